The molecule has 26 heavy (non-hydrogen) atoms. The molecule has 1 heterocycles. The van der Waals surface area contributed by atoms with E-state index in [-0.39, 0.29) is 11.7 Å². The molecule has 0 saturated carbocycles. The SMILES string of the molecule is Cn1c2ccc(F)cc2c2ccc(CC(=O)NCc3ccccc3)cc21. The average Bonchev–Trinajstić information content (AvgIpc) is 2.92. The van der Waals surface area contributed by atoms with Crippen LogP contribution in [0.15, 0.2) is 66.7 Å². The van der Waals surface area contributed by atoms with Gasteiger partial charge in [0.05, 0.1) is 6.42 Å². The molecule has 0 unspecified atom stereocenters. The first-order valence-electron chi connectivity index (χ1n) is 8.59. The van der Waals surface area contributed by atoms with Gasteiger partial charge in [0.2, 0.25) is 5.91 Å². The van der Waals surface area contributed by atoms with Crippen LogP contribution in [0.25, 0.3) is 21.8 Å². The first-order valence-corrected chi connectivity index (χ1v) is 8.59. The van der Waals surface area contributed by atoms with Gasteiger partial charge in [-0.05, 0) is 35.4 Å². The number of aryl methyl sites for hydroxylation is 1. The number of hydrogen-bond acceptors (Lipinski definition) is 1. The first kappa shape index (κ1) is 16.3. The highest BCUT2D eigenvalue weighted by Crippen LogP contribution is 2.29. The van der Waals surface area contributed by atoms with E-state index >= 15 is 0 Å². The van der Waals surface area contributed by atoms with E-state index in [1.54, 1.807) is 12.1 Å². The Labute approximate surface area is 151 Å². The number of benzene rings is 3. The maximum absolute atomic E-state index is 13.6. The molecule has 4 aromatic rings. The van der Waals surface area contributed by atoms with E-state index in [1.807, 2.05) is 60.1 Å². The van der Waals surface area contributed by atoms with Gasteiger partial charge in [-0.1, -0.05) is 42.5 Å². The number of nitrogens with one attached hydrogen (secondary N) is 1. The zero-order valence-electron chi connectivity index (χ0n) is 14.5. The molecule has 3 aromatic carbocycles. The van der Waals surface area contributed by atoms with Gasteiger partial charge in [-0.2, -0.15) is 0 Å². The van der Waals surface area contributed by atoms with Crippen LogP contribution < -0.4 is 5.32 Å². The first-order chi connectivity index (χ1) is 12.6. The fourth-order valence-corrected chi connectivity index (χ4v) is 3.38. The van der Waals surface area contributed by atoms with Crippen LogP contribution in [0, 0.1) is 5.82 Å². The number of aromatic nitrogens is 1. The average molecular weight is 346 g/mol. The van der Waals surface area contributed by atoms with Gasteiger partial charge < -0.3 is 9.88 Å². The van der Waals surface area contributed by atoms with Crippen molar-refractivity contribution in [1.82, 2.24) is 9.88 Å². The van der Waals surface area contributed by atoms with Crippen molar-refractivity contribution < 1.29 is 9.18 Å². The Kier molecular flexibility index (Phi) is 4.17. The van der Waals surface area contributed by atoms with Gasteiger partial charge >= 0.3 is 0 Å². The fraction of sp³-hybridized carbons (Fsp3) is 0.136. The van der Waals surface area contributed by atoms with E-state index in [1.165, 1.54) is 6.07 Å². The second-order valence-electron chi connectivity index (χ2n) is 6.51. The Hall–Kier alpha value is -3.14. The van der Waals surface area contributed by atoms with Crippen molar-refractivity contribution in [3.8, 4) is 0 Å². The fourth-order valence-electron chi connectivity index (χ4n) is 3.38. The summed E-state index contributed by atoms with van der Waals surface area (Å²) in [5.74, 6) is -0.257. The van der Waals surface area contributed by atoms with Crippen LogP contribution in [-0.2, 0) is 24.8 Å². The predicted molar refractivity (Wildman–Crippen MR) is 102 cm³/mol. The third kappa shape index (κ3) is 3.06. The third-order valence-corrected chi connectivity index (χ3v) is 4.73. The number of amides is 1. The summed E-state index contributed by atoms with van der Waals surface area (Å²) in [4.78, 5) is 12.3. The lowest BCUT2D eigenvalue weighted by Gasteiger charge is -2.06. The van der Waals surface area contributed by atoms with Crippen molar-refractivity contribution in [3.05, 3.63) is 83.7 Å². The summed E-state index contributed by atoms with van der Waals surface area (Å²) in [6.07, 6.45) is 0.318. The lowest BCUT2D eigenvalue weighted by molar-refractivity contribution is -0.120. The van der Waals surface area contributed by atoms with E-state index in [2.05, 4.69) is 5.32 Å². The van der Waals surface area contributed by atoms with E-state index in [0.29, 0.717) is 13.0 Å². The molecule has 0 fully saturated rings. The zero-order valence-corrected chi connectivity index (χ0v) is 14.5. The van der Waals surface area contributed by atoms with Crippen LogP contribution in [0.4, 0.5) is 4.39 Å². The maximum Gasteiger partial charge on any atom is 0.224 e. The molecule has 0 saturated heterocycles. The highest BCUT2D eigenvalue weighted by molar-refractivity contribution is 6.08. The lowest BCUT2D eigenvalue weighted by Crippen LogP contribution is -2.24. The van der Waals surface area contributed by atoms with E-state index in [4.69, 9.17) is 0 Å². The van der Waals surface area contributed by atoms with Gasteiger partial charge in [0.25, 0.3) is 0 Å². The van der Waals surface area contributed by atoms with Crippen molar-refractivity contribution in [2.24, 2.45) is 7.05 Å². The summed E-state index contributed by atoms with van der Waals surface area (Å²) in [5, 5.41) is 4.84. The molecular formula is C22H19FN2O. The number of nitrogens with zero attached hydrogens (tertiary/aromatic N) is 1. The molecule has 1 N–H and O–H groups in total. The molecular weight excluding hydrogens is 327 g/mol. The van der Waals surface area contributed by atoms with Crippen molar-refractivity contribution in [2.45, 2.75) is 13.0 Å². The van der Waals surface area contributed by atoms with Gasteiger partial charge in [-0.3, -0.25) is 4.79 Å². The second-order valence-corrected chi connectivity index (χ2v) is 6.51. The van der Waals surface area contributed by atoms with Gasteiger partial charge in [0.15, 0.2) is 0 Å². The molecule has 0 aliphatic rings. The van der Waals surface area contributed by atoms with Crippen LogP contribution >= 0.6 is 0 Å². The normalized spacial score (nSPS) is 11.2. The number of carbonyl (C=O) groups is 1. The largest absolute Gasteiger partial charge is 0.352 e. The molecule has 0 aliphatic carbocycles. The number of carbonyl (C=O) groups excluding carboxylic acids is 1. The molecule has 4 rings (SSSR count). The van der Waals surface area contributed by atoms with E-state index in [9.17, 15) is 9.18 Å². The Morgan fingerprint density at radius 2 is 1.73 bits per heavy atom. The molecule has 4 heteroatoms. The topological polar surface area (TPSA) is 34.0 Å². The molecule has 0 bridgehead atoms. The highest BCUT2D eigenvalue weighted by Gasteiger charge is 2.11. The number of hydrogen-bond donors (Lipinski definition) is 1. The summed E-state index contributed by atoms with van der Waals surface area (Å²) in [6, 6.07) is 20.6. The second kappa shape index (κ2) is 6.64. The Morgan fingerprint density at radius 1 is 0.923 bits per heavy atom. The van der Waals surface area contributed by atoms with Crippen LogP contribution in [0.2, 0.25) is 0 Å². The van der Waals surface area contributed by atoms with E-state index < -0.39 is 0 Å². The summed E-state index contributed by atoms with van der Waals surface area (Å²) < 4.78 is 15.6. The predicted octanol–water partition coefficient (Wildman–Crippen LogP) is 4.33. The Morgan fingerprint density at radius 3 is 2.54 bits per heavy atom. The monoisotopic (exact) mass is 346 g/mol. The molecule has 0 atom stereocenters. The molecule has 0 spiro atoms. The van der Waals surface area contributed by atoms with E-state index in [0.717, 1.165) is 32.9 Å². The molecule has 0 radical (unpaired) electrons. The van der Waals surface area contributed by atoms with Gasteiger partial charge in [0, 0.05) is 35.4 Å². The molecule has 130 valence electrons. The Bertz CT molecular complexity index is 1100. The number of halogens is 1. The van der Waals surface area contributed by atoms with Crippen LogP contribution in [0.1, 0.15) is 11.1 Å². The summed E-state index contributed by atoms with van der Waals surface area (Å²) in [5.41, 5.74) is 3.99. The summed E-state index contributed by atoms with van der Waals surface area (Å²) >= 11 is 0. The molecule has 3 nitrogen and oxygen atoms in total. The van der Waals surface area contributed by atoms with Crippen LogP contribution in [0.5, 0.6) is 0 Å². The van der Waals surface area contributed by atoms with Crippen LogP contribution in [-0.4, -0.2) is 10.5 Å². The van der Waals surface area contributed by atoms with Crippen molar-refractivity contribution >= 4 is 27.7 Å². The molecule has 1 aromatic heterocycles. The highest BCUT2D eigenvalue weighted by atomic mass is 19.1. The Balaban J connectivity index is 1.56. The maximum atomic E-state index is 13.6. The van der Waals surface area contributed by atoms with Crippen LogP contribution in [0.3, 0.4) is 0 Å². The number of rotatable bonds is 4. The lowest BCUT2D eigenvalue weighted by atomic mass is 10.1. The molecule has 0 aliphatic heterocycles. The van der Waals surface area contributed by atoms with Crippen molar-refractivity contribution in [1.29, 1.82) is 0 Å². The smallest absolute Gasteiger partial charge is 0.224 e. The number of fused-ring (bicyclic) bond motifs is 3. The minimum absolute atomic E-state index is 0.0157. The van der Waals surface area contributed by atoms with Crippen molar-refractivity contribution in [3.63, 3.8) is 0 Å². The summed E-state index contributed by atoms with van der Waals surface area (Å²) in [6.45, 7) is 0.523. The minimum atomic E-state index is -0.241. The van der Waals surface area contributed by atoms with Gasteiger partial charge in [-0.15, -0.1) is 0 Å². The zero-order chi connectivity index (χ0) is 18.1. The molecule has 1 amide bonds. The third-order valence-electron chi connectivity index (χ3n) is 4.73. The summed E-state index contributed by atoms with van der Waals surface area (Å²) in [7, 11) is 1.96. The standard InChI is InChI=1S/C22H19FN2O/c1-25-20-10-8-17(23)13-19(20)18-9-7-16(11-21(18)25)12-22(26)24-14-15-5-3-2-4-6-15/h2-11,13H,12,14H2,1H3,(H,24,26). The van der Waals surface area contributed by atoms with Gasteiger partial charge in [0.1, 0.15) is 5.82 Å². The quantitative estimate of drug-likeness (QED) is 0.586. The van der Waals surface area contributed by atoms with Crippen molar-refractivity contribution in [2.75, 3.05) is 0 Å². The minimum Gasteiger partial charge on any atom is -0.352 e. The van der Waals surface area contributed by atoms with Gasteiger partial charge in [-0.25, -0.2) is 4.39 Å².